The van der Waals surface area contributed by atoms with Crippen molar-refractivity contribution in [2.45, 2.75) is 6.42 Å². The molecular weight excluding hydrogens is 498 g/mol. The molecule has 6 nitrogen and oxygen atoms in total. The summed E-state index contributed by atoms with van der Waals surface area (Å²) in [6.07, 6.45) is 3.09. The Bertz CT molecular complexity index is 1220. The van der Waals surface area contributed by atoms with E-state index in [9.17, 15) is 0 Å². The van der Waals surface area contributed by atoms with E-state index in [0.717, 1.165) is 0 Å². The van der Waals surface area contributed by atoms with Crippen LogP contribution in [0, 0.1) is 5.82 Å². The van der Waals surface area contributed by atoms with Gasteiger partial charge in [-0.05, 0) is 40.2 Å². The van der Waals surface area contributed by atoms with Crippen LogP contribution < -0.4 is 10.5 Å². The van der Waals surface area contributed by atoms with Crippen molar-refractivity contribution >= 4 is 44.8 Å². The molecular formula is C20H12BrCl2FN4O2. The van der Waals surface area contributed by atoms with E-state index in [4.69, 9.17) is 38.1 Å². The Labute approximate surface area is 188 Å². The lowest BCUT2D eigenvalue weighted by molar-refractivity contribution is 0.434. The minimum absolute atomic E-state index is 0.00826. The molecule has 2 N–H and O–H groups in total. The molecule has 2 aromatic heterocycles. The fourth-order valence-electron chi connectivity index (χ4n) is 2.71. The van der Waals surface area contributed by atoms with Gasteiger partial charge in [-0.15, -0.1) is 10.2 Å². The lowest BCUT2D eigenvalue weighted by Crippen LogP contribution is -1.98. The molecule has 4 rings (SSSR count). The smallest absolute Gasteiger partial charge is 0.249 e. The summed E-state index contributed by atoms with van der Waals surface area (Å²) in [5, 5.41) is 8.71. The van der Waals surface area contributed by atoms with Crippen LogP contribution in [0.4, 0.5) is 10.1 Å². The van der Waals surface area contributed by atoms with Crippen LogP contribution in [-0.2, 0) is 6.42 Å². The number of benzene rings is 2. The van der Waals surface area contributed by atoms with E-state index in [0.29, 0.717) is 37.1 Å². The molecule has 0 aliphatic carbocycles. The van der Waals surface area contributed by atoms with E-state index in [2.05, 4.69) is 31.1 Å². The molecule has 2 aromatic carbocycles. The normalized spacial score (nSPS) is 10.9. The van der Waals surface area contributed by atoms with Crippen molar-refractivity contribution in [1.82, 2.24) is 15.2 Å². The van der Waals surface area contributed by atoms with Gasteiger partial charge in [0.1, 0.15) is 5.75 Å². The molecule has 2 heterocycles. The van der Waals surface area contributed by atoms with Gasteiger partial charge in [0.15, 0.2) is 11.6 Å². The molecule has 0 radical (unpaired) electrons. The van der Waals surface area contributed by atoms with Crippen molar-refractivity contribution in [1.29, 1.82) is 0 Å². The van der Waals surface area contributed by atoms with Crippen LogP contribution in [-0.4, -0.2) is 15.2 Å². The Kier molecular flexibility index (Phi) is 5.90. The Hall–Kier alpha value is -2.68. The molecule has 0 aliphatic heterocycles. The van der Waals surface area contributed by atoms with Gasteiger partial charge >= 0.3 is 0 Å². The second kappa shape index (κ2) is 8.59. The first-order valence-electron chi connectivity index (χ1n) is 8.54. The number of anilines is 1. The van der Waals surface area contributed by atoms with Gasteiger partial charge < -0.3 is 14.9 Å². The van der Waals surface area contributed by atoms with E-state index < -0.39 is 5.82 Å². The van der Waals surface area contributed by atoms with Crippen LogP contribution in [0.15, 0.2) is 57.7 Å². The number of nitrogens with two attached hydrogens (primary N) is 1. The Balaban J connectivity index is 1.62. The Morgan fingerprint density at radius 1 is 1.13 bits per heavy atom. The lowest BCUT2D eigenvalue weighted by atomic mass is 10.1. The second-order valence-electron chi connectivity index (χ2n) is 6.21. The van der Waals surface area contributed by atoms with Crippen molar-refractivity contribution in [3.05, 3.63) is 80.6 Å². The van der Waals surface area contributed by atoms with E-state index in [-0.39, 0.29) is 24.0 Å². The zero-order valence-corrected chi connectivity index (χ0v) is 18.2. The van der Waals surface area contributed by atoms with Crippen molar-refractivity contribution < 1.29 is 13.5 Å². The summed E-state index contributed by atoms with van der Waals surface area (Å²) in [6.45, 7) is 0. The maximum Gasteiger partial charge on any atom is 0.249 e. The Morgan fingerprint density at radius 3 is 2.73 bits per heavy atom. The molecule has 10 heteroatoms. The average Bonchev–Trinajstić information content (AvgIpc) is 3.15. The third-order valence-corrected chi connectivity index (χ3v) is 5.20. The SMILES string of the molecule is Nc1cc(Cl)cc(Oc2c(Br)ccc(Cc3nnc(-c4ccncc4Cl)o3)c2F)c1. The Morgan fingerprint density at radius 2 is 1.97 bits per heavy atom. The van der Waals surface area contributed by atoms with Crippen LogP contribution in [0.1, 0.15) is 11.5 Å². The number of hydrogen-bond donors (Lipinski definition) is 1. The maximum atomic E-state index is 15.2. The highest BCUT2D eigenvalue weighted by Gasteiger charge is 2.18. The molecule has 0 amide bonds. The van der Waals surface area contributed by atoms with Gasteiger partial charge in [0.05, 0.1) is 21.5 Å². The molecule has 0 saturated carbocycles. The number of pyridine rings is 1. The predicted octanol–water partition coefficient (Wildman–Crippen LogP) is 6.31. The van der Waals surface area contributed by atoms with Gasteiger partial charge in [-0.3, -0.25) is 4.98 Å². The number of ether oxygens (including phenoxy) is 1. The number of nitrogens with zero attached hydrogens (tertiary/aromatic N) is 3. The molecule has 0 unspecified atom stereocenters. The van der Waals surface area contributed by atoms with Crippen LogP contribution in [0.2, 0.25) is 10.0 Å². The fraction of sp³-hybridized carbons (Fsp3) is 0.0500. The van der Waals surface area contributed by atoms with Crippen molar-refractivity contribution in [3.8, 4) is 23.0 Å². The highest BCUT2D eigenvalue weighted by Crippen LogP contribution is 2.36. The number of nitrogen functional groups attached to an aromatic ring is 1. The van der Waals surface area contributed by atoms with Gasteiger partial charge in [-0.2, -0.15) is 0 Å². The third-order valence-electron chi connectivity index (χ3n) is 4.05. The standard InChI is InChI=1S/C20H12BrCl2FN4O2/c21-15-2-1-10(18(24)19(15)29-13-7-11(22)6-12(25)8-13)5-17-27-28-20(30-17)14-3-4-26-9-16(14)23/h1-4,6-9H,5,25H2. The molecule has 152 valence electrons. The predicted molar refractivity (Wildman–Crippen MR) is 115 cm³/mol. The van der Waals surface area contributed by atoms with Gasteiger partial charge in [0, 0.05) is 34.7 Å². The molecule has 30 heavy (non-hydrogen) atoms. The van der Waals surface area contributed by atoms with E-state index >= 15 is 4.39 Å². The second-order valence-corrected chi connectivity index (χ2v) is 7.90. The van der Waals surface area contributed by atoms with Crippen molar-refractivity contribution in [2.24, 2.45) is 0 Å². The van der Waals surface area contributed by atoms with E-state index in [1.54, 1.807) is 42.6 Å². The average molecular weight is 510 g/mol. The van der Waals surface area contributed by atoms with E-state index in [1.807, 2.05) is 0 Å². The van der Waals surface area contributed by atoms with Crippen LogP contribution in [0.5, 0.6) is 11.5 Å². The monoisotopic (exact) mass is 508 g/mol. The maximum absolute atomic E-state index is 15.2. The highest BCUT2D eigenvalue weighted by atomic mass is 79.9. The highest BCUT2D eigenvalue weighted by molar-refractivity contribution is 9.10. The number of halogens is 4. The van der Waals surface area contributed by atoms with Gasteiger partial charge in [-0.25, -0.2) is 4.39 Å². The molecule has 0 aliphatic rings. The zero-order chi connectivity index (χ0) is 21.3. The molecule has 0 fully saturated rings. The van der Waals surface area contributed by atoms with Crippen molar-refractivity contribution in [2.75, 3.05) is 5.73 Å². The minimum atomic E-state index is -0.579. The zero-order valence-electron chi connectivity index (χ0n) is 15.1. The number of aromatic nitrogens is 3. The summed E-state index contributed by atoms with van der Waals surface area (Å²) in [4.78, 5) is 3.91. The van der Waals surface area contributed by atoms with Gasteiger partial charge in [0.25, 0.3) is 0 Å². The quantitative estimate of drug-likeness (QED) is 0.317. The summed E-state index contributed by atoms with van der Waals surface area (Å²) in [6, 6.07) is 9.58. The first-order valence-corrected chi connectivity index (χ1v) is 10.1. The first kappa shape index (κ1) is 20.6. The van der Waals surface area contributed by atoms with Crippen LogP contribution >= 0.6 is 39.1 Å². The molecule has 0 saturated heterocycles. The topological polar surface area (TPSA) is 87.1 Å². The minimum Gasteiger partial charge on any atom is -0.453 e. The van der Waals surface area contributed by atoms with Crippen LogP contribution in [0.25, 0.3) is 11.5 Å². The van der Waals surface area contributed by atoms with Gasteiger partial charge in [-0.1, -0.05) is 29.3 Å². The summed E-state index contributed by atoms with van der Waals surface area (Å²) in [5.41, 5.74) is 7.02. The fourth-order valence-corrected chi connectivity index (χ4v) is 3.53. The summed E-state index contributed by atoms with van der Waals surface area (Å²) in [5.74, 6) is 0.165. The molecule has 0 atom stereocenters. The molecule has 0 spiro atoms. The van der Waals surface area contributed by atoms with Crippen LogP contribution in [0.3, 0.4) is 0 Å². The number of hydrogen-bond acceptors (Lipinski definition) is 6. The molecule has 4 aromatic rings. The van der Waals surface area contributed by atoms with Gasteiger partial charge in [0.2, 0.25) is 11.8 Å². The third kappa shape index (κ3) is 4.40. The summed E-state index contributed by atoms with van der Waals surface area (Å²) in [7, 11) is 0. The van der Waals surface area contributed by atoms with Crippen molar-refractivity contribution in [3.63, 3.8) is 0 Å². The first-order chi connectivity index (χ1) is 14.4. The lowest BCUT2D eigenvalue weighted by Gasteiger charge is -2.12. The number of rotatable bonds is 5. The van der Waals surface area contributed by atoms with E-state index in [1.165, 1.54) is 6.20 Å². The summed E-state index contributed by atoms with van der Waals surface area (Å²) < 4.78 is 26.9. The molecule has 0 bridgehead atoms. The summed E-state index contributed by atoms with van der Waals surface area (Å²) >= 11 is 15.4. The largest absolute Gasteiger partial charge is 0.453 e.